The molecule has 0 bridgehead atoms. The minimum absolute atomic E-state index is 0.622. The maximum atomic E-state index is 7.66. The number of azide groups is 1. The Hall–Kier alpha value is -0.690. The molecule has 9 heavy (non-hydrogen) atoms. The molecular formula is C6H15N3. The smallest absolute Gasteiger partial charge is 0.0255 e. The van der Waals surface area contributed by atoms with Gasteiger partial charge in [0.05, 0.1) is 0 Å². The Morgan fingerprint density at radius 1 is 1.33 bits per heavy atom. The van der Waals surface area contributed by atoms with Gasteiger partial charge in [0.2, 0.25) is 0 Å². The maximum Gasteiger partial charge on any atom is 0.0255 e. The highest BCUT2D eigenvalue weighted by atomic mass is 15.1. The topological polar surface area (TPSA) is 48.8 Å². The van der Waals surface area contributed by atoms with Crippen LogP contribution in [-0.4, -0.2) is 6.54 Å². The van der Waals surface area contributed by atoms with Gasteiger partial charge in [-0.1, -0.05) is 38.7 Å². The van der Waals surface area contributed by atoms with Gasteiger partial charge in [0, 0.05) is 11.5 Å². The van der Waals surface area contributed by atoms with Crippen molar-refractivity contribution in [2.45, 2.75) is 33.6 Å². The first kappa shape index (κ1) is 11.2. The molecule has 0 saturated carbocycles. The second-order valence-corrected chi connectivity index (χ2v) is 1.66. The van der Waals surface area contributed by atoms with Crippen LogP contribution in [0.25, 0.3) is 10.4 Å². The fraction of sp³-hybridized carbons (Fsp3) is 1.00. The summed E-state index contributed by atoms with van der Waals surface area (Å²) in [6.45, 7) is 6.84. The van der Waals surface area contributed by atoms with Crippen molar-refractivity contribution in [1.82, 2.24) is 0 Å². The van der Waals surface area contributed by atoms with E-state index in [1.54, 1.807) is 0 Å². The fourth-order valence-electron chi connectivity index (χ4n) is 0.145. The van der Waals surface area contributed by atoms with Gasteiger partial charge in [-0.3, -0.25) is 0 Å². The third-order valence-corrected chi connectivity index (χ3v) is 0.387. The van der Waals surface area contributed by atoms with Crippen LogP contribution in [0.1, 0.15) is 33.6 Å². The first-order chi connectivity index (χ1) is 4.33. The Morgan fingerprint density at radius 3 is 1.89 bits per heavy atom. The lowest BCUT2D eigenvalue weighted by molar-refractivity contribution is 0.922. The Morgan fingerprint density at radius 2 is 1.78 bits per heavy atom. The minimum Gasteiger partial charge on any atom is -0.0940 e. The standard InChI is InChI=1S/C3H7N3.C3H8/c1-2-3-5-6-4;1-3-2/h2-3H2,1H3;3H2,1-2H3. The van der Waals surface area contributed by atoms with E-state index in [0.29, 0.717) is 6.54 Å². The molecule has 0 unspecified atom stereocenters. The van der Waals surface area contributed by atoms with E-state index < -0.39 is 0 Å². The average Bonchev–Trinajstić information content (AvgIpc) is 1.86. The Kier molecular flexibility index (Phi) is 19.4. The zero-order chi connectivity index (χ0) is 7.54. The molecule has 54 valence electrons. The van der Waals surface area contributed by atoms with Crippen molar-refractivity contribution < 1.29 is 0 Å². The molecule has 0 amide bonds. The van der Waals surface area contributed by atoms with Crippen LogP contribution in [0.2, 0.25) is 0 Å². The molecular weight excluding hydrogens is 114 g/mol. The monoisotopic (exact) mass is 129 g/mol. The normalized spacial score (nSPS) is 6.56. The molecule has 0 fully saturated rings. The zero-order valence-corrected chi connectivity index (χ0v) is 6.46. The lowest BCUT2D eigenvalue weighted by Gasteiger charge is -1.71. The Balaban J connectivity index is 0. The molecule has 0 aromatic carbocycles. The Bertz CT molecular complexity index is 74.4. The third kappa shape index (κ3) is 38.6. The van der Waals surface area contributed by atoms with E-state index in [1.807, 2.05) is 6.92 Å². The van der Waals surface area contributed by atoms with Crippen LogP contribution >= 0.6 is 0 Å². The van der Waals surface area contributed by atoms with Crippen LogP contribution in [0.4, 0.5) is 0 Å². The first-order valence-corrected chi connectivity index (χ1v) is 3.34. The molecule has 3 heteroatoms. The summed E-state index contributed by atoms with van der Waals surface area (Å²) in [6, 6.07) is 0. The van der Waals surface area contributed by atoms with Gasteiger partial charge >= 0.3 is 0 Å². The largest absolute Gasteiger partial charge is 0.0940 e. The highest BCUT2D eigenvalue weighted by Gasteiger charge is 1.65. The van der Waals surface area contributed by atoms with E-state index in [-0.39, 0.29) is 0 Å². The summed E-state index contributed by atoms with van der Waals surface area (Å²) in [5.74, 6) is 0. The predicted molar refractivity (Wildman–Crippen MR) is 40.3 cm³/mol. The quantitative estimate of drug-likeness (QED) is 0.312. The van der Waals surface area contributed by atoms with Gasteiger partial charge in [-0.25, -0.2) is 0 Å². The Labute approximate surface area is 56.7 Å². The van der Waals surface area contributed by atoms with Gasteiger partial charge in [0.15, 0.2) is 0 Å². The fourth-order valence-corrected chi connectivity index (χ4v) is 0.145. The SMILES string of the molecule is CCC.CCCN=[N+]=[N-]. The molecule has 0 aromatic rings. The number of rotatable bonds is 2. The van der Waals surface area contributed by atoms with E-state index >= 15 is 0 Å². The molecule has 3 nitrogen and oxygen atoms in total. The summed E-state index contributed by atoms with van der Waals surface area (Å²) in [7, 11) is 0. The summed E-state index contributed by atoms with van der Waals surface area (Å²) < 4.78 is 0. The second-order valence-electron chi connectivity index (χ2n) is 1.66. The van der Waals surface area contributed by atoms with Crippen molar-refractivity contribution in [3.63, 3.8) is 0 Å². The van der Waals surface area contributed by atoms with Gasteiger partial charge < -0.3 is 0 Å². The van der Waals surface area contributed by atoms with E-state index in [1.165, 1.54) is 6.42 Å². The number of nitrogens with zero attached hydrogens (tertiary/aromatic N) is 3. The number of hydrogen-bond donors (Lipinski definition) is 0. The maximum absolute atomic E-state index is 7.66. The molecule has 0 aliphatic rings. The summed E-state index contributed by atoms with van der Waals surface area (Å²) in [5.41, 5.74) is 7.66. The van der Waals surface area contributed by atoms with Crippen LogP contribution in [0, 0.1) is 0 Å². The molecule has 0 aromatic heterocycles. The van der Waals surface area contributed by atoms with E-state index in [9.17, 15) is 0 Å². The van der Waals surface area contributed by atoms with Gasteiger partial charge in [-0.2, -0.15) is 0 Å². The van der Waals surface area contributed by atoms with Gasteiger partial charge in [0.25, 0.3) is 0 Å². The highest BCUT2D eigenvalue weighted by Crippen LogP contribution is 1.74. The van der Waals surface area contributed by atoms with Gasteiger partial charge in [-0.15, -0.1) is 0 Å². The molecule has 0 spiro atoms. The van der Waals surface area contributed by atoms with Crippen molar-refractivity contribution in [3.05, 3.63) is 10.4 Å². The van der Waals surface area contributed by atoms with Crippen molar-refractivity contribution in [1.29, 1.82) is 0 Å². The molecule has 0 rings (SSSR count). The third-order valence-electron chi connectivity index (χ3n) is 0.387. The lowest BCUT2D eigenvalue weighted by atomic mass is 10.5. The molecule has 0 aliphatic heterocycles. The van der Waals surface area contributed by atoms with Crippen molar-refractivity contribution in [3.8, 4) is 0 Å². The van der Waals surface area contributed by atoms with Gasteiger partial charge in [-0.05, 0) is 5.53 Å². The zero-order valence-electron chi connectivity index (χ0n) is 6.46. The van der Waals surface area contributed by atoms with Gasteiger partial charge in [0.1, 0.15) is 0 Å². The summed E-state index contributed by atoms with van der Waals surface area (Å²) in [4.78, 5) is 2.55. The second kappa shape index (κ2) is 15.7. The molecule has 0 N–H and O–H groups in total. The van der Waals surface area contributed by atoms with Crippen molar-refractivity contribution in [2.24, 2.45) is 5.11 Å². The summed E-state index contributed by atoms with van der Waals surface area (Å²) >= 11 is 0. The van der Waals surface area contributed by atoms with Crippen LogP contribution in [0.3, 0.4) is 0 Å². The highest BCUT2D eigenvalue weighted by molar-refractivity contribution is 4.40. The molecule has 0 radical (unpaired) electrons. The first-order valence-electron chi connectivity index (χ1n) is 3.34. The van der Waals surface area contributed by atoms with E-state index in [0.717, 1.165) is 6.42 Å². The average molecular weight is 129 g/mol. The summed E-state index contributed by atoms with van der Waals surface area (Å²) in [5, 5.41) is 3.27. The molecule has 0 atom stereocenters. The van der Waals surface area contributed by atoms with Crippen LogP contribution in [-0.2, 0) is 0 Å². The van der Waals surface area contributed by atoms with E-state index in [2.05, 4.69) is 23.9 Å². The lowest BCUT2D eigenvalue weighted by Crippen LogP contribution is -1.65. The van der Waals surface area contributed by atoms with Crippen molar-refractivity contribution in [2.75, 3.05) is 6.54 Å². The predicted octanol–water partition coefficient (Wildman–Crippen LogP) is 3.12. The number of hydrogen-bond acceptors (Lipinski definition) is 1. The molecule has 0 heterocycles. The van der Waals surface area contributed by atoms with Crippen LogP contribution < -0.4 is 0 Å². The van der Waals surface area contributed by atoms with Crippen LogP contribution in [0.15, 0.2) is 5.11 Å². The molecule has 0 saturated heterocycles. The minimum atomic E-state index is 0.622. The van der Waals surface area contributed by atoms with Crippen LogP contribution in [0.5, 0.6) is 0 Å². The van der Waals surface area contributed by atoms with E-state index in [4.69, 9.17) is 5.53 Å². The summed E-state index contributed by atoms with van der Waals surface area (Å²) in [6.07, 6.45) is 2.18. The van der Waals surface area contributed by atoms with Crippen molar-refractivity contribution >= 4 is 0 Å². The molecule has 0 aliphatic carbocycles.